The van der Waals surface area contributed by atoms with Gasteiger partial charge in [-0.3, -0.25) is 4.72 Å². The zero-order valence-corrected chi connectivity index (χ0v) is 12.9. The van der Waals surface area contributed by atoms with Crippen molar-refractivity contribution in [3.05, 3.63) is 53.8 Å². The molecule has 0 saturated carbocycles. The van der Waals surface area contributed by atoms with Gasteiger partial charge in [0.15, 0.2) is 0 Å². The predicted molar refractivity (Wildman–Crippen MR) is 82.7 cm³/mol. The highest BCUT2D eigenvalue weighted by molar-refractivity contribution is 7.92. The molecule has 0 aromatic heterocycles. The Bertz CT molecular complexity index is 741. The average molecular weight is 308 g/mol. The van der Waals surface area contributed by atoms with Gasteiger partial charge in [-0.05, 0) is 31.2 Å². The molecule has 0 radical (unpaired) electrons. The Morgan fingerprint density at radius 3 is 2.19 bits per heavy atom. The van der Waals surface area contributed by atoms with Crippen molar-refractivity contribution in [2.75, 3.05) is 23.7 Å². The lowest BCUT2D eigenvalue weighted by atomic mass is 10.2. The lowest BCUT2D eigenvalue weighted by molar-refractivity contribution is 0.601. The van der Waals surface area contributed by atoms with E-state index in [0.717, 1.165) is 5.56 Å². The summed E-state index contributed by atoms with van der Waals surface area (Å²) >= 11 is 0. The molecule has 0 aliphatic carbocycles. The van der Waals surface area contributed by atoms with Crippen LogP contribution < -0.4 is 9.62 Å². The van der Waals surface area contributed by atoms with Crippen molar-refractivity contribution in [3.8, 4) is 0 Å². The van der Waals surface area contributed by atoms with Crippen LogP contribution in [-0.4, -0.2) is 22.5 Å². The maximum Gasteiger partial charge on any atom is 0.261 e. The number of aryl methyl sites for hydroxylation is 1. The van der Waals surface area contributed by atoms with Gasteiger partial charge in [-0.2, -0.15) is 0 Å². The van der Waals surface area contributed by atoms with Crippen LogP contribution in [0, 0.1) is 12.7 Å². The van der Waals surface area contributed by atoms with E-state index in [9.17, 15) is 12.8 Å². The lowest BCUT2D eigenvalue weighted by Crippen LogP contribution is -2.14. The molecule has 0 saturated heterocycles. The van der Waals surface area contributed by atoms with Crippen LogP contribution in [0.3, 0.4) is 0 Å². The van der Waals surface area contributed by atoms with Crippen molar-refractivity contribution >= 4 is 21.4 Å². The molecule has 0 amide bonds. The Hall–Kier alpha value is -2.08. The van der Waals surface area contributed by atoms with Crippen molar-refractivity contribution in [2.45, 2.75) is 11.8 Å². The summed E-state index contributed by atoms with van der Waals surface area (Å²) in [4.78, 5) is 1.76. The van der Waals surface area contributed by atoms with Crippen molar-refractivity contribution in [1.29, 1.82) is 0 Å². The van der Waals surface area contributed by atoms with Gasteiger partial charge in [0.1, 0.15) is 5.82 Å². The first-order valence-corrected chi connectivity index (χ1v) is 7.84. The zero-order valence-electron chi connectivity index (χ0n) is 12.1. The highest BCUT2D eigenvalue weighted by Crippen LogP contribution is 2.23. The van der Waals surface area contributed by atoms with Crippen LogP contribution in [0.1, 0.15) is 5.56 Å². The van der Waals surface area contributed by atoms with Crippen LogP contribution in [0.15, 0.2) is 47.4 Å². The summed E-state index contributed by atoms with van der Waals surface area (Å²) in [5.74, 6) is -0.482. The van der Waals surface area contributed by atoms with Gasteiger partial charge in [0.25, 0.3) is 10.0 Å². The quantitative estimate of drug-likeness (QED) is 0.944. The molecule has 2 rings (SSSR count). The monoisotopic (exact) mass is 308 g/mol. The summed E-state index contributed by atoms with van der Waals surface area (Å²) in [6.45, 7) is 1.87. The number of nitrogens with zero attached hydrogens (tertiary/aromatic N) is 1. The third kappa shape index (κ3) is 3.52. The molecule has 0 bridgehead atoms. The van der Waals surface area contributed by atoms with Gasteiger partial charge < -0.3 is 4.90 Å². The molecule has 0 aliphatic heterocycles. The third-order valence-corrected chi connectivity index (χ3v) is 4.41. The van der Waals surface area contributed by atoms with Crippen LogP contribution >= 0.6 is 0 Å². The normalized spacial score (nSPS) is 11.2. The molecule has 1 N–H and O–H groups in total. The van der Waals surface area contributed by atoms with E-state index in [4.69, 9.17) is 0 Å². The fourth-order valence-corrected chi connectivity index (χ4v) is 2.91. The standard InChI is InChI=1S/C15H17FN2O2S/c1-11-4-7-13(8-5-11)21(19,20)17-12-6-9-15(18(2)3)14(16)10-12/h4-10,17H,1-3H3. The average Bonchev–Trinajstić information content (AvgIpc) is 2.38. The molecular formula is C15H17FN2O2S. The van der Waals surface area contributed by atoms with Gasteiger partial charge in [-0.25, -0.2) is 12.8 Å². The van der Waals surface area contributed by atoms with Crippen molar-refractivity contribution < 1.29 is 12.8 Å². The summed E-state index contributed by atoms with van der Waals surface area (Å²) in [5, 5.41) is 0. The van der Waals surface area contributed by atoms with Gasteiger partial charge in [-0.15, -0.1) is 0 Å². The van der Waals surface area contributed by atoms with Crippen LogP contribution in [-0.2, 0) is 10.0 Å². The third-order valence-electron chi connectivity index (χ3n) is 3.01. The second-order valence-electron chi connectivity index (χ2n) is 4.98. The Kier molecular flexibility index (Phi) is 4.18. The molecule has 0 aliphatic rings. The first-order valence-electron chi connectivity index (χ1n) is 6.36. The molecule has 21 heavy (non-hydrogen) atoms. The molecule has 6 heteroatoms. The SMILES string of the molecule is Cc1ccc(S(=O)(=O)Nc2ccc(N(C)C)c(F)c2)cc1. The van der Waals surface area contributed by atoms with Crippen LogP contribution in [0.5, 0.6) is 0 Å². The fourth-order valence-electron chi connectivity index (χ4n) is 1.86. The topological polar surface area (TPSA) is 49.4 Å². The molecule has 2 aromatic carbocycles. The second kappa shape index (κ2) is 5.73. The minimum absolute atomic E-state index is 0.144. The Morgan fingerprint density at radius 2 is 1.67 bits per heavy atom. The van der Waals surface area contributed by atoms with Gasteiger partial charge in [-0.1, -0.05) is 17.7 Å². The summed E-state index contributed by atoms with van der Waals surface area (Å²) in [7, 11) is -0.277. The van der Waals surface area contributed by atoms with E-state index in [1.54, 1.807) is 31.1 Å². The second-order valence-corrected chi connectivity index (χ2v) is 6.66. The van der Waals surface area contributed by atoms with E-state index in [0.29, 0.717) is 5.69 Å². The number of sulfonamides is 1. The molecule has 112 valence electrons. The van der Waals surface area contributed by atoms with Crippen LogP contribution in [0.4, 0.5) is 15.8 Å². The highest BCUT2D eigenvalue weighted by Gasteiger charge is 2.15. The number of halogens is 1. The van der Waals surface area contributed by atoms with Gasteiger partial charge in [0, 0.05) is 20.2 Å². The Balaban J connectivity index is 2.29. The molecule has 0 spiro atoms. The maximum atomic E-state index is 13.9. The zero-order chi connectivity index (χ0) is 15.6. The van der Waals surface area contributed by atoms with Gasteiger partial charge >= 0.3 is 0 Å². The molecule has 2 aromatic rings. The number of anilines is 2. The van der Waals surface area contributed by atoms with E-state index in [2.05, 4.69) is 4.72 Å². The molecule has 0 heterocycles. The first kappa shape index (κ1) is 15.3. The predicted octanol–water partition coefficient (Wildman–Crippen LogP) is 3.00. The van der Waals surface area contributed by atoms with Crippen LogP contribution in [0.25, 0.3) is 0 Å². The highest BCUT2D eigenvalue weighted by atomic mass is 32.2. The van der Waals surface area contributed by atoms with Crippen LogP contribution in [0.2, 0.25) is 0 Å². The first-order chi connectivity index (χ1) is 9.79. The maximum absolute atomic E-state index is 13.9. The summed E-state index contributed by atoms with van der Waals surface area (Å²) in [6.07, 6.45) is 0. The number of nitrogens with one attached hydrogen (secondary N) is 1. The van der Waals surface area contributed by atoms with Gasteiger partial charge in [0.05, 0.1) is 16.3 Å². The van der Waals surface area contributed by atoms with E-state index < -0.39 is 15.8 Å². The summed E-state index contributed by atoms with van der Waals surface area (Å²) < 4.78 is 40.6. The number of rotatable bonds is 4. The lowest BCUT2D eigenvalue weighted by Gasteiger charge is -2.15. The van der Waals surface area contributed by atoms with E-state index in [1.165, 1.54) is 30.3 Å². The minimum atomic E-state index is -3.71. The Morgan fingerprint density at radius 1 is 1.05 bits per heavy atom. The van der Waals surface area contributed by atoms with Crippen molar-refractivity contribution in [3.63, 3.8) is 0 Å². The Labute approximate surface area is 124 Å². The summed E-state index contributed by atoms with van der Waals surface area (Å²) in [6, 6.07) is 10.7. The van der Waals surface area contributed by atoms with E-state index in [-0.39, 0.29) is 10.6 Å². The summed E-state index contributed by atoms with van der Waals surface area (Å²) in [5.41, 5.74) is 1.56. The van der Waals surface area contributed by atoms with E-state index >= 15 is 0 Å². The number of benzene rings is 2. The molecule has 0 unspecified atom stereocenters. The minimum Gasteiger partial charge on any atom is -0.375 e. The smallest absolute Gasteiger partial charge is 0.261 e. The number of hydrogen-bond donors (Lipinski definition) is 1. The largest absolute Gasteiger partial charge is 0.375 e. The fraction of sp³-hybridized carbons (Fsp3) is 0.200. The number of hydrogen-bond acceptors (Lipinski definition) is 3. The molecule has 0 fully saturated rings. The molecule has 0 atom stereocenters. The van der Waals surface area contributed by atoms with Crippen molar-refractivity contribution in [1.82, 2.24) is 0 Å². The van der Waals surface area contributed by atoms with Crippen molar-refractivity contribution in [2.24, 2.45) is 0 Å². The van der Waals surface area contributed by atoms with E-state index in [1.807, 2.05) is 6.92 Å². The molecular weight excluding hydrogens is 291 g/mol. The molecule has 4 nitrogen and oxygen atoms in total. The van der Waals surface area contributed by atoms with Gasteiger partial charge in [0.2, 0.25) is 0 Å².